The number of carbonyl (C=O) groups is 2. The quantitative estimate of drug-likeness (QED) is 0.687. The Kier molecular flexibility index (Phi) is 5.63. The fourth-order valence-electron chi connectivity index (χ4n) is 2.53. The topological polar surface area (TPSA) is 106 Å². The molecule has 1 aliphatic rings. The van der Waals surface area contributed by atoms with E-state index in [0.29, 0.717) is 22.8 Å². The second-order valence-electron chi connectivity index (χ2n) is 5.44. The summed E-state index contributed by atoms with van der Waals surface area (Å²) in [7, 11) is 3.03. The first-order chi connectivity index (χ1) is 12.0. The molecule has 0 spiro atoms. The lowest BCUT2D eigenvalue weighted by atomic mass is 9.90. The van der Waals surface area contributed by atoms with Gasteiger partial charge in [-0.2, -0.15) is 0 Å². The molecule has 1 atom stereocenters. The van der Waals surface area contributed by atoms with E-state index in [1.807, 2.05) is 0 Å². The number of carboxylic acids is 1. The zero-order valence-electron chi connectivity index (χ0n) is 14.1. The van der Waals surface area contributed by atoms with Crippen LogP contribution in [0.15, 0.2) is 36.0 Å². The summed E-state index contributed by atoms with van der Waals surface area (Å²) in [5.41, 5.74) is -0.573. The van der Waals surface area contributed by atoms with Crippen LogP contribution in [0.5, 0.6) is 11.5 Å². The average molecular weight is 348 g/mol. The first-order valence-electron chi connectivity index (χ1n) is 7.54. The number of hydrogen-bond donors (Lipinski definition) is 2. The molecule has 0 bridgehead atoms. The fourth-order valence-corrected chi connectivity index (χ4v) is 2.53. The van der Waals surface area contributed by atoms with Gasteiger partial charge in [0.25, 0.3) is 5.91 Å². The number of benzene rings is 1. The van der Waals surface area contributed by atoms with E-state index >= 15 is 0 Å². The smallest absolute Gasteiger partial charge is 0.308 e. The number of ether oxygens (including phenoxy) is 2. The van der Waals surface area contributed by atoms with E-state index in [4.69, 9.17) is 19.4 Å². The van der Waals surface area contributed by atoms with Gasteiger partial charge in [0.1, 0.15) is 11.5 Å². The molecule has 25 heavy (non-hydrogen) atoms. The molecule has 0 radical (unpaired) electrons. The van der Waals surface area contributed by atoms with Crippen LogP contribution >= 0.6 is 0 Å². The maximum Gasteiger partial charge on any atom is 0.308 e. The Morgan fingerprint density at radius 2 is 2.20 bits per heavy atom. The van der Waals surface area contributed by atoms with Gasteiger partial charge in [-0.3, -0.25) is 9.59 Å². The number of carbonyl (C=O) groups excluding carboxylic acids is 1. The van der Waals surface area contributed by atoms with Gasteiger partial charge in [0.05, 0.1) is 26.4 Å². The summed E-state index contributed by atoms with van der Waals surface area (Å²) in [4.78, 5) is 28.9. The number of rotatable bonds is 8. The van der Waals surface area contributed by atoms with Crippen LogP contribution in [0.2, 0.25) is 0 Å². The van der Waals surface area contributed by atoms with Crippen molar-refractivity contribution in [3.05, 3.63) is 36.4 Å². The van der Waals surface area contributed by atoms with Gasteiger partial charge in [0.2, 0.25) is 5.60 Å². The van der Waals surface area contributed by atoms with E-state index in [9.17, 15) is 9.59 Å². The number of nitrogens with one attached hydrogen (secondary N) is 1. The van der Waals surface area contributed by atoms with E-state index < -0.39 is 23.9 Å². The van der Waals surface area contributed by atoms with Gasteiger partial charge in [-0.05, 0) is 12.1 Å². The molecule has 1 aliphatic heterocycles. The molecule has 1 amide bonds. The molecular formula is C17H20N2O6. The molecule has 1 unspecified atom stereocenters. The molecule has 134 valence electrons. The van der Waals surface area contributed by atoms with Crippen molar-refractivity contribution in [1.82, 2.24) is 5.32 Å². The predicted octanol–water partition coefficient (Wildman–Crippen LogP) is 1.34. The Morgan fingerprint density at radius 1 is 1.44 bits per heavy atom. The van der Waals surface area contributed by atoms with Crippen LogP contribution in [-0.2, 0) is 14.4 Å². The van der Waals surface area contributed by atoms with Crippen molar-refractivity contribution < 1.29 is 29.0 Å². The summed E-state index contributed by atoms with van der Waals surface area (Å²) in [6.07, 6.45) is 0.988. The van der Waals surface area contributed by atoms with Crippen molar-refractivity contribution in [3.63, 3.8) is 0 Å². The van der Waals surface area contributed by atoms with Gasteiger partial charge in [-0.25, -0.2) is 0 Å². The Bertz CT molecular complexity index is 715. The van der Waals surface area contributed by atoms with Crippen LogP contribution in [0.4, 0.5) is 0 Å². The zero-order valence-corrected chi connectivity index (χ0v) is 14.1. The Labute approximate surface area is 145 Å². The molecule has 0 aromatic heterocycles. The third-order valence-electron chi connectivity index (χ3n) is 3.76. The van der Waals surface area contributed by atoms with Gasteiger partial charge in [0, 0.05) is 24.6 Å². The lowest BCUT2D eigenvalue weighted by molar-refractivity contribution is -0.155. The molecule has 2 rings (SSSR count). The van der Waals surface area contributed by atoms with Crippen LogP contribution in [0.3, 0.4) is 0 Å². The molecule has 0 aliphatic carbocycles. The van der Waals surface area contributed by atoms with Gasteiger partial charge in [-0.1, -0.05) is 11.2 Å². The molecule has 2 N–H and O–H groups in total. The molecule has 0 fully saturated rings. The lowest BCUT2D eigenvalue weighted by Crippen LogP contribution is -2.48. The third kappa shape index (κ3) is 3.90. The molecule has 0 saturated heterocycles. The van der Waals surface area contributed by atoms with Crippen LogP contribution in [-0.4, -0.2) is 49.1 Å². The highest BCUT2D eigenvalue weighted by molar-refractivity contribution is 6.08. The summed E-state index contributed by atoms with van der Waals surface area (Å²) < 4.78 is 10.5. The van der Waals surface area contributed by atoms with E-state index in [-0.39, 0.29) is 13.0 Å². The minimum atomic E-state index is -1.60. The van der Waals surface area contributed by atoms with Crippen molar-refractivity contribution in [1.29, 1.82) is 0 Å². The van der Waals surface area contributed by atoms with Crippen LogP contribution in [0, 0.1) is 0 Å². The number of hydrogen-bond acceptors (Lipinski definition) is 6. The highest BCUT2D eigenvalue weighted by atomic mass is 16.7. The SMILES string of the molecule is C=CCNC(=O)C1(CC(=O)O)CC(c2ccc(OC)cc2OC)=NO1. The number of aliphatic carboxylic acids is 1. The van der Waals surface area contributed by atoms with E-state index in [1.165, 1.54) is 20.3 Å². The second-order valence-corrected chi connectivity index (χ2v) is 5.44. The minimum Gasteiger partial charge on any atom is -0.497 e. The molecule has 1 heterocycles. The van der Waals surface area contributed by atoms with Gasteiger partial charge in [0.15, 0.2) is 0 Å². The van der Waals surface area contributed by atoms with Crippen LogP contribution in [0.1, 0.15) is 18.4 Å². The summed E-state index contributed by atoms with van der Waals surface area (Å²) in [5, 5.41) is 15.7. The predicted molar refractivity (Wildman–Crippen MR) is 90.0 cm³/mol. The Balaban J connectivity index is 2.30. The number of amides is 1. The highest BCUT2D eigenvalue weighted by Gasteiger charge is 2.48. The lowest BCUT2D eigenvalue weighted by Gasteiger charge is -2.23. The summed E-state index contributed by atoms with van der Waals surface area (Å²) in [5.74, 6) is -0.632. The number of methoxy groups -OCH3 is 2. The van der Waals surface area contributed by atoms with Gasteiger partial charge in [-0.15, -0.1) is 6.58 Å². The molecule has 0 saturated carbocycles. The highest BCUT2D eigenvalue weighted by Crippen LogP contribution is 2.34. The maximum absolute atomic E-state index is 12.4. The average Bonchev–Trinajstić information content (AvgIpc) is 3.03. The standard InChI is InChI=1S/C17H20N2O6/c1-4-7-18-16(22)17(10-15(20)21)9-13(19-25-17)12-6-5-11(23-2)8-14(12)24-3/h4-6,8H,1,7,9-10H2,2-3H3,(H,18,22)(H,20,21). The fraction of sp³-hybridized carbons (Fsp3) is 0.353. The van der Waals surface area contributed by atoms with Gasteiger partial charge < -0.3 is 24.7 Å². The van der Waals surface area contributed by atoms with E-state index in [2.05, 4.69) is 17.1 Å². The van der Waals surface area contributed by atoms with Crippen LogP contribution < -0.4 is 14.8 Å². The van der Waals surface area contributed by atoms with Crippen molar-refractivity contribution in [3.8, 4) is 11.5 Å². The first-order valence-corrected chi connectivity index (χ1v) is 7.54. The minimum absolute atomic E-state index is 0.00493. The zero-order chi connectivity index (χ0) is 18.4. The molecule has 8 nitrogen and oxygen atoms in total. The van der Waals surface area contributed by atoms with E-state index in [1.54, 1.807) is 18.2 Å². The normalized spacial score (nSPS) is 18.7. The Morgan fingerprint density at radius 3 is 2.80 bits per heavy atom. The Hall–Kier alpha value is -3.03. The van der Waals surface area contributed by atoms with Gasteiger partial charge >= 0.3 is 5.97 Å². The molecule has 1 aromatic rings. The van der Waals surface area contributed by atoms with E-state index in [0.717, 1.165) is 0 Å². The molecule has 1 aromatic carbocycles. The van der Waals surface area contributed by atoms with Crippen molar-refractivity contribution in [2.75, 3.05) is 20.8 Å². The number of oxime groups is 1. The van der Waals surface area contributed by atoms with Crippen LogP contribution in [0.25, 0.3) is 0 Å². The maximum atomic E-state index is 12.4. The van der Waals surface area contributed by atoms with Crippen molar-refractivity contribution in [2.45, 2.75) is 18.4 Å². The molecule has 8 heteroatoms. The third-order valence-corrected chi connectivity index (χ3v) is 3.76. The van der Waals surface area contributed by atoms with Crippen molar-refractivity contribution >= 4 is 17.6 Å². The second kappa shape index (κ2) is 7.69. The first kappa shape index (κ1) is 18.3. The summed E-state index contributed by atoms with van der Waals surface area (Å²) in [6.45, 7) is 3.71. The number of carboxylic acid groups (broad SMARTS) is 1. The molecular weight excluding hydrogens is 328 g/mol. The number of nitrogens with zero attached hydrogens (tertiary/aromatic N) is 1. The van der Waals surface area contributed by atoms with Crippen molar-refractivity contribution in [2.24, 2.45) is 5.16 Å². The summed E-state index contributed by atoms with van der Waals surface area (Å²) >= 11 is 0. The monoisotopic (exact) mass is 348 g/mol. The largest absolute Gasteiger partial charge is 0.497 e. The summed E-state index contributed by atoms with van der Waals surface area (Å²) in [6, 6.07) is 5.11.